The third kappa shape index (κ3) is 6.49. The summed E-state index contributed by atoms with van der Waals surface area (Å²) in [6.45, 7) is 0. The van der Waals surface area contributed by atoms with Crippen LogP contribution in [-0.2, 0) is 12.4 Å². The maximum Gasteiger partial charge on any atom is 0.416 e. The van der Waals surface area contributed by atoms with Crippen molar-refractivity contribution >= 4 is 23.2 Å². The Morgan fingerprint density at radius 2 is 1.53 bits per heavy atom. The number of hydrogen-bond acceptors (Lipinski definition) is 4. The van der Waals surface area contributed by atoms with Crippen LogP contribution in [0.1, 0.15) is 21.5 Å². The van der Waals surface area contributed by atoms with Crippen LogP contribution in [0.2, 0.25) is 5.02 Å². The lowest BCUT2D eigenvalue weighted by atomic mass is 10.0. The lowest BCUT2D eigenvalue weighted by Gasteiger charge is -2.14. The van der Waals surface area contributed by atoms with Crippen molar-refractivity contribution < 1.29 is 35.9 Å². The van der Waals surface area contributed by atoms with Crippen LogP contribution in [0.5, 0.6) is 5.75 Å². The van der Waals surface area contributed by atoms with Crippen LogP contribution in [0.3, 0.4) is 0 Å². The molecule has 0 spiro atoms. The summed E-state index contributed by atoms with van der Waals surface area (Å²) in [6.07, 6.45) is -5.22. The second kappa shape index (κ2) is 11.4. The van der Waals surface area contributed by atoms with Crippen molar-refractivity contribution in [3.05, 3.63) is 113 Å². The van der Waals surface area contributed by atoms with Crippen molar-refractivity contribution in [3.8, 4) is 33.8 Å². The average Bonchev–Trinajstić information content (AvgIpc) is 3.42. The Bertz CT molecular complexity index is 1770. The summed E-state index contributed by atoms with van der Waals surface area (Å²) in [4.78, 5) is 16.9. The quantitative estimate of drug-likeness (QED) is 0.194. The number of benzene rings is 3. The van der Waals surface area contributed by atoms with Gasteiger partial charge in [0.25, 0.3) is 5.91 Å². The molecule has 0 atom stereocenters. The van der Waals surface area contributed by atoms with E-state index in [2.05, 4.69) is 10.3 Å². The second-order valence-corrected chi connectivity index (χ2v) is 9.63. The number of carbonyl (C=O) groups is 1. The zero-order valence-corrected chi connectivity index (χ0v) is 22.7. The Morgan fingerprint density at radius 3 is 2.14 bits per heavy atom. The summed E-state index contributed by atoms with van der Waals surface area (Å²) in [7, 11) is 1.49. The Hall–Kier alpha value is -4.84. The Kier molecular flexibility index (Phi) is 7.89. The molecule has 5 rings (SSSR count). The smallest absolute Gasteiger partial charge is 0.416 e. The van der Waals surface area contributed by atoms with Gasteiger partial charge in [0.1, 0.15) is 11.4 Å². The van der Waals surface area contributed by atoms with Crippen molar-refractivity contribution in [1.82, 2.24) is 14.8 Å². The van der Waals surface area contributed by atoms with E-state index < -0.39 is 35.0 Å². The zero-order chi connectivity index (χ0) is 30.9. The number of carbonyl (C=O) groups excluding carboxylic acids is 1. The Balaban J connectivity index is 1.51. The molecular weight excluding hydrogens is 598 g/mol. The minimum Gasteiger partial charge on any atom is -0.495 e. The van der Waals surface area contributed by atoms with Gasteiger partial charge in [-0.3, -0.25) is 9.78 Å². The molecule has 13 heteroatoms. The van der Waals surface area contributed by atoms with E-state index in [0.29, 0.717) is 45.4 Å². The van der Waals surface area contributed by atoms with Crippen LogP contribution in [0.25, 0.3) is 28.1 Å². The number of methoxy groups -OCH3 is 1. The molecule has 43 heavy (non-hydrogen) atoms. The monoisotopic (exact) mass is 616 g/mol. The fraction of sp³-hybridized carbons (Fsp3) is 0.100. The number of amides is 1. The van der Waals surface area contributed by atoms with E-state index in [1.54, 1.807) is 61.1 Å². The molecule has 0 saturated carbocycles. The highest BCUT2D eigenvalue weighted by Gasteiger charge is 2.37. The Morgan fingerprint density at radius 1 is 0.860 bits per heavy atom. The van der Waals surface area contributed by atoms with Gasteiger partial charge >= 0.3 is 12.4 Å². The summed E-state index contributed by atoms with van der Waals surface area (Å²) >= 11 is 6.36. The minimum absolute atomic E-state index is 0.0386. The molecule has 0 unspecified atom stereocenters. The minimum atomic E-state index is -5.09. The van der Waals surface area contributed by atoms with Crippen molar-refractivity contribution in [2.75, 3.05) is 12.4 Å². The van der Waals surface area contributed by atoms with Crippen molar-refractivity contribution in [1.29, 1.82) is 0 Å². The molecule has 1 N–H and O–H groups in total. The Labute approximate surface area is 245 Å². The van der Waals surface area contributed by atoms with E-state index in [0.717, 1.165) is 5.56 Å². The molecule has 0 bridgehead atoms. The van der Waals surface area contributed by atoms with E-state index in [4.69, 9.17) is 21.4 Å². The van der Waals surface area contributed by atoms with E-state index in [1.165, 1.54) is 23.9 Å². The number of halogens is 7. The fourth-order valence-electron chi connectivity index (χ4n) is 4.29. The van der Waals surface area contributed by atoms with Gasteiger partial charge in [-0.1, -0.05) is 17.7 Å². The lowest BCUT2D eigenvalue weighted by Crippen LogP contribution is -2.17. The number of ether oxygens (including phenoxy) is 1. The number of alkyl halides is 6. The van der Waals surface area contributed by atoms with Crippen LogP contribution >= 0.6 is 11.6 Å². The van der Waals surface area contributed by atoms with Crippen molar-refractivity contribution in [2.45, 2.75) is 12.4 Å². The number of pyridine rings is 1. The van der Waals surface area contributed by atoms with E-state index in [-0.39, 0.29) is 11.8 Å². The van der Waals surface area contributed by atoms with Crippen LogP contribution in [0, 0.1) is 0 Å². The largest absolute Gasteiger partial charge is 0.495 e. The van der Waals surface area contributed by atoms with Gasteiger partial charge in [-0.2, -0.15) is 31.4 Å². The zero-order valence-electron chi connectivity index (χ0n) is 22.0. The third-order valence-electron chi connectivity index (χ3n) is 6.35. The maximum absolute atomic E-state index is 13.3. The maximum atomic E-state index is 13.3. The number of nitrogens with zero attached hydrogens (tertiary/aromatic N) is 3. The SMILES string of the molecule is COc1ccc(-c2nn(-c3cccc(NC(=O)c4cc(C(F)(F)F)cc(C(F)(F)F)c4)c3)cc2-c2ccncc2)cc1Cl. The number of aromatic nitrogens is 3. The predicted molar refractivity (Wildman–Crippen MR) is 148 cm³/mol. The van der Waals surface area contributed by atoms with Crippen molar-refractivity contribution in [3.63, 3.8) is 0 Å². The molecule has 5 aromatic rings. The first kappa shape index (κ1) is 29.6. The molecule has 0 fully saturated rings. The molecule has 0 aliphatic heterocycles. The van der Waals surface area contributed by atoms with Gasteiger partial charge in [-0.05, 0) is 72.3 Å². The molecule has 6 nitrogen and oxygen atoms in total. The molecule has 0 saturated heterocycles. The molecule has 3 aromatic carbocycles. The first-order valence-electron chi connectivity index (χ1n) is 12.4. The molecule has 2 aromatic heterocycles. The summed E-state index contributed by atoms with van der Waals surface area (Å²) in [6, 6.07) is 15.6. The molecule has 1 amide bonds. The highest BCUT2D eigenvalue weighted by Crippen LogP contribution is 2.38. The van der Waals surface area contributed by atoms with Gasteiger partial charge in [0.15, 0.2) is 0 Å². The first-order valence-corrected chi connectivity index (χ1v) is 12.8. The van der Waals surface area contributed by atoms with Gasteiger partial charge in [0, 0.05) is 41.0 Å². The third-order valence-corrected chi connectivity index (χ3v) is 6.64. The number of hydrogen-bond donors (Lipinski definition) is 1. The highest BCUT2D eigenvalue weighted by atomic mass is 35.5. The van der Waals surface area contributed by atoms with Crippen LogP contribution in [-0.4, -0.2) is 27.8 Å². The van der Waals surface area contributed by atoms with Crippen molar-refractivity contribution in [2.24, 2.45) is 0 Å². The predicted octanol–water partition coefficient (Wildman–Crippen LogP) is 8.55. The van der Waals surface area contributed by atoms with Gasteiger partial charge < -0.3 is 10.1 Å². The van der Waals surface area contributed by atoms with Crippen LogP contribution < -0.4 is 10.1 Å². The molecule has 2 heterocycles. The summed E-state index contributed by atoms with van der Waals surface area (Å²) < 4.78 is 86.4. The normalized spacial score (nSPS) is 11.8. The fourth-order valence-corrected chi connectivity index (χ4v) is 4.55. The van der Waals surface area contributed by atoms with Crippen LogP contribution in [0.15, 0.2) is 91.4 Å². The molecular formula is C30H19ClF6N4O2. The first-order chi connectivity index (χ1) is 20.3. The summed E-state index contributed by atoms with van der Waals surface area (Å²) in [5, 5.41) is 7.45. The standard InChI is InChI=1S/C30H19ClF6N4O2/c1-43-26-6-5-18(13-25(26)31)27-24(17-7-9-38-10-8-17)16-41(40-27)23-4-2-3-22(15-23)39-28(42)19-11-20(29(32,33)34)14-21(12-19)30(35,36)37/h2-16H,1H3,(H,39,42). The highest BCUT2D eigenvalue weighted by molar-refractivity contribution is 6.32. The average molecular weight is 617 g/mol. The van der Waals surface area contributed by atoms with Crippen LogP contribution in [0.4, 0.5) is 32.0 Å². The molecule has 0 radical (unpaired) electrons. The summed E-state index contributed by atoms with van der Waals surface area (Å²) in [5.74, 6) is -0.679. The summed E-state index contributed by atoms with van der Waals surface area (Å²) in [5.41, 5.74) is -0.702. The van der Waals surface area contributed by atoms with E-state index in [1.807, 2.05) is 0 Å². The van der Waals surface area contributed by atoms with Gasteiger partial charge in [-0.15, -0.1) is 0 Å². The van der Waals surface area contributed by atoms with E-state index >= 15 is 0 Å². The number of rotatable bonds is 6. The molecule has 0 aliphatic rings. The topological polar surface area (TPSA) is 69.0 Å². The number of nitrogens with one attached hydrogen (secondary N) is 1. The van der Waals surface area contributed by atoms with Gasteiger partial charge in [0.05, 0.1) is 28.9 Å². The second-order valence-electron chi connectivity index (χ2n) is 9.22. The molecule has 0 aliphatic carbocycles. The van der Waals surface area contributed by atoms with E-state index in [9.17, 15) is 31.1 Å². The van der Waals surface area contributed by atoms with Gasteiger partial charge in [-0.25, -0.2) is 4.68 Å². The van der Waals surface area contributed by atoms with Gasteiger partial charge in [0.2, 0.25) is 0 Å². The lowest BCUT2D eigenvalue weighted by molar-refractivity contribution is -0.143. The number of anilines is 1. The molecule has 220 valence electrons.